The zero-order chi connectivity index (χ0) is 32.8. The third-order valence-electron chi connectivity index (χ3n) is 9.88. The molecule has 4 aromatic heterocycles. The molecule has 4 heterocycles. The number of pyridine rings is 1. The third-order valence-corrected chi connectivity index (χ3v) is 11.1. The summed E-state index contributed by atoms with van der Waals surface area (Å²) in [7, 11) is 0. The summed E-state index contributed by atoms with van der Waals surface area (Å²) >= 11 is 1.85. The molecule has 50 heavy (non-hydrogen) atoms. The number of benzene rings is 7. The lowest BCUT2D eigenvalue weighted by Crippen LogP contribution is -1.98. The van der Waals surface area contributed by atoms with E-state index >= 15 is 0 Å². The summed E-state index contributed by atoms with van der Waals surface area (Å²) in [4.78, 5) is 15.5. The van der Waals surface area contributed by atoms with Crippen molar-refractivity contribution in [3.63, 3.8) is 0 Å². The van der Waals surface area contributed by atoms with Gasteiger partial charge in [-0.15, -0.1) is 11.3 Å². The van der Waals surface area contributed by atoms with Gasteiger partial charge in [-0.3, -0.25) is 0 Å². The monoisotopic (exact) mass is 655 g/mol. The van der Waals surface area contributed by atoms with Crippen LogP contribution in [0.15, 0.2) is 156 Å². The Hall–Kier alpha value is -6.43. The van der Waals surface area contributed by atoms with Gasteiger partial charge in [-0.2, -0.15) is 0 Å². The molecule has 0 aliphatic rings. The van der Waals surface area contributed by atoms with Gasteiger partial charge in [0.15, 0.2) is 5.82 Å². The fraction of sp³-hybridized carbons (Fsp3) is 0. The molecule has 0 aliphatic carbocycles. The maximum Gasteiger partial charge on any atom is 0.179 e. The highest BCUT2D eigenvalue weighted by Crippen LogP contribution is 2.48. The molecule has 0 saturated carbocycles. The molecule has 5 heteroatoms. The van der Waals surface area contributed by atoms with Crippen LogP contribution in [0.1, 0.15) is 0 Å². The quantitative estimate of drug-likeness (QED) is 0.177. The summed E-state index contributed by atoms with van der Waals surface area (Å²) in [5.41, 5.74) is 8.09. The second-order valence-electron chi connectivity index (χ2n) is 12.7. The van der Waals surface area contributed by atoms with Gasteiger partial charge in [-0.1, -0.05) is 109 Å². The predicted molar refractivity (Wildman–Crippen MR) is 208 cm³/mol. The summed E-state index contributed by atoms with van der Waals surface area (Å²) in [5, 5.41) is 10.0. The second kappa shape index (κ2) is 10.5. The van der Waals surface area contributed by atoms with Crippen molar-refractivity contribution in [3.8, 4) is 45.3 Å². The zero-order valence-electron chi connectivity index (χ0n) is 26.6. The van der Waals surface area contributed by atoms with Crippen LogP contribution in [-0.4, -0.2) is 15.0 Å². The molecule has 0 fully saturated rings. The van der Waals surface area contributed by atoms with E-state index in [1.54, 1.807) is 0 Å². The minimum atomic E-state index is 0.578. The molecule has 0 unspecified atom stereocenters. The molecular formula is C45H25N3OS. The number of para-hydroxylation sites is 1. The first kappa shape index (κ1) is 27.5. The van der Waals surface area contributed by atoms with Crippen LogP contribution in [0.3, 0.4) is 0 Å². The summed E-state index contributed by atoms with van der Waals surface area (Å²) in [5.74, 6) is 0.578. The Kier molecular flexibility index (Phi) is 5.80. The van der Waals surface area contributed by atoms with Crippen LogP contribution in [0, 0.1) is 0 Å². The Morgan fingerprint density at radius 3 is 1.92 bits per heavy atom. The number of furan rings is 1. The number of thiophene rings is 1. The molecule has 11 aromatic rings. The van der Waals surface area contributed by atoms with Gasteiger partial charge < -0.3 is 4.42 Å². The highest BCUT2D eigenvalue weighted by Gasteiger charge is 2.20. The molecular weight excluding hydrogens is 631 g/mol. The molecule has 232 valence electrons. The average Bonchev–Trinajstić information content (AvgIpc) is 3.77. The van der Waals surface area contributed by atoms with E-state index in [2.05, 4.69) is 109 Å². The number of fused-ring (bicyclic) bond motifs is 6. The van der Waals surface area contributed by atoms with Crippen LogP contribution in [0.4, 0.5) is 0 Å². The van der Waals surface area contributed by atoms with Gasteiger partial charge in [0.25, 0.3) is 0 Å². The van der Waals surface area contributed by atoms with Crippen molar-refractivity contribution < 1.29 is 4.42 Å². The van der Waals surface area contributed by atoms with Gasteiger partial charge in [0.1, 0.15) is 16.9 Å². The topological polar surface area (TPSA) is 51.8 Å². The molecule has 0 spiro atoms. The molecule has 0 amide bonds. The van der Waals surface area contributed by atoms with Crippen LogP contribution in [-0.2, 0) is 0 Å². The molecule has 7 aromatic carbocycles. The summed E-state index contributed by atoms with van der Waals surface area (Å²) in [6.07, 6.45) is 0. The first-order chi connectivity index (χ1) is 24.8. The van der Waals surface area contributed by atoms with Crippen molar-refractivity contribution in [3.05, 3.63) is 152 Å². The van der Waals surface area contributed by atoms with Crippen LogP contribution in [0.25, 0.3) is 109 Å². The van der Waals surface area contributed by atoms with E-state index in [1.165, 1.54) is 41.7 Å². The maximum absolute atomic E-state index is 6.25. The molecule has 0 aliphatic heterocycles. The van der Waals surface area contributed by atoms with Gasteiger partial charge in [0.2, 0.25) is 0 Å². The van der Waals surface area contributed by atoms with Crippen LogP contribution >= 0.6 is 11.3 Å². The predicted octanol–water partition coefficient (Wildman–Crippen LogP) is 12.6. The molecule has 0 bridgehead atoms. The highest BCUT2D eigenvalue weighted by atomic mass is 32.1. The normalized spacial score (nSPS) is 12.0. The maximum atomic E-state index is 6.25. The van der Waals surface area contributed by atoms with Crippen molar-refractivity contribution in [1.29, 1.82) is 0 Å². The van der Waals surface area contributed by atoms with E-state index < -0.39 is 0 Å². The summed E-state index contributed by atoms with van der Waals surface area (Å²) < 4.78 is 8.80. The Morgan fingerprint density at radius 2 is 1.06 bits per heavy atom. The molecule has 0 atom stereocenters. The minimum Gasteiger partial charge on any atom is -0.456 e. The number of nitrogens with zero attached hydrogens (tertiary/aromatic N) is 3. The van der Waals surface area contributed by atoms with Gasteiger partial charge in [-0.05, 0) is 64.0 Å². The molecule has 0 radical (unpaired) electrons. The third kappa shape index (κ3) is 4.08. The SMILES string of the molecule is c1ccc(-c2cc(-c3ccc4c(c3)oc3ccccc34)nc(-c3cccc(-c4ccc5c6ccccc6c6cccc7sc4c5c76)n3)n2)cc1. The van der Waals surface area contributed by atoms with Gasteiger partial charge in [-0.25, -0.2) is 15.0 Å². The van der Waals surface area contributed by atoms with Crippen molar-refractivity contribution >= 4 is 75.0 Å². The van der Waals surface area contributed by atoms with Gasteiger partial charge in [0.05, 0.1) is 17.1 Å². The van der Waals surface area contributed by atoms with Crippen LogP contribution in [0.5, 0.6) is 0 Å². The second-order valence-corrected chi connectivity index (χ2v) is 13.8. The number of hydrogen-bond acceptors (Lipinski definition) is 5. The fourth-order valence-corrected chi connectivity index (χ4v) is 8.86. The zero-order valence-corrected chi connectivity index (χ0v) is 27.4. The number of rotatable bonds is 4. The van der Waals surface area contributed by atoms with E-state index in [0.29, 0.717) is 5.82 Å². The Labute approximate surface area is 290 Å². The molecule has 11 rings (SSSR count). The Morgan fingerprint density at radius 1 is 0.400 bits per heavy atom. The minimum absolute atomic E-state index is 0.578. The lowest BCUT2D eigenvalue weighted by Gasteiger charge is -2.12. The van der Waals surface area contributed by atoms with Crippen molar-refractivity contribution in [1.82, 2.24) is 15.0 Å². The number of hydrogen-bond donors (Lipinski definition) is 0. The van der Waals surface area contributed by atoms with E-state index in [0.717, 1.165) is 61.4 Å². The van der Waals surface area contributed by atoms with Crippen LogP contribution < -0.4 is 0 Å². The van der Waals surface area contributed by atoms with Crippen molar-refractivity contribution in [2.24, 2.45) is 0 Å². The average molecular weight is 656 g/mol. The Balaban J connectivity index is 1.10. The fourth-order valence-electron chi connectivity index (χ4n) is 7.59. The van der Waals surface area contributed by atoms with E-state index in [9.17, 15) is 0 Å². The first-order valence-corrected chi connectivity index (χ1v) is 17.5. The van der Waals surface area contributed by atoms with Crippen LogP contribution in [0.2, 0.25) is 0 Å². The van der Waals surface area contributed by atoms with E-state index in [-0.39, 0.29) is 0 Å². The lowest BCUT2D eigenvalue weighted by molar-refractivity contribution is 0.669. The largest absolute Gasteiger partial charge is 0.456 e. The Bertz CT molecular complexity index is 3100. The van der Waals surface area contributed by atoms with Crippen molar-refractivity contribution in [2.45, 2.75) is 0 Å². The van der Waals surface area contributed by atoms with E-state index in [4.69, 9.17) is 19.4 Å². The van der Waals surface area contributed by atoms with E-state index in [1.807, 2.05) is 53.8 Å². The first-order valence-electron chi connectivity index (χ1n) is 16.7. The summed E-state index contributed by atoms with van der Waals surface area (Å²) in [6, 6.07) is 52.9. The van der Waals surface area contributed by atoms with Gasteiger partial charge in [0, 0.05) is 47.6 Å². The highest BCUT2D eigenvalue weighted by molar-refractivity contribution is 7.26. The molecule has 0 N–H and O–H groups in total. The standard InChI is InChI=1S/C45H25N3OS/c1-2-10-26(11-3-1)37-25-38(27-20-21-31-30-14-6-7-18-39(30)49-40(31)24-27)48-45(47-37)36-17-9-16-35(46-36)34-23-22-33-29-13-5-4-12-28(29)32-15-8-19-41-42(32)43(33)44(34)50-41/h1-25H. The van der Waals surface area contributed by atoms with Gasteiger partial charge >= 0.3 is 0 Å². The smallest absolute Gasteiger partial charge is 0.179 e. The van der Waals surface area contributed by atoms with Crippen molar-refractivity contribution in [2.75, 3.05) is 0 Å². The lowest BCUT2D eigenvalue weighted by atomic mass is 9.93. The summed E-state index contributed by atoms with van der Waals surface area (Å²) in [6.45, 7) is 0. The number of aromatic nitrogens is 3. The molecule has 0 saturated heterocycles. The molecule has 4 nitrogen and oxygen atoms in total.